The lowest BCUT2D eigenvalue weighted by Gasteiger charge is -2.46. The molecule has 14 rings (SSSR count). The summed E-state index contributed by atoms with van der Waals surface area (Å²) in [6.45, 7) is 0.0925. The lowest BCUT2D eigenvalue weighted by Crippen LogP contribution is -2.57. The highest BCUT2D eigenvalue weighted by atomic mass is 32.2. The average Bonchev–Trinajstić information content (AvgIpc) is 3.60. The molecule has 7 aromatic rings. The molecule has 0 N–H and O–H groups in total. The fraction of sp³-hybridized carbons (Fsp3) is 0.333. The maximum Gasteiger partial charge on any atom is 0.333 e. The number of nitrogens with zero attached hydrogens (tertiary/aromatic N) is 2. The Balaban J connectivity index is 1.12. The molecule has 1 aromatic heterocycles. The number of hydrogen-bond donors (Lipinski definition) is 0. The summed E-state index contributed by atoms with van der Waals surface area (Å²) in [5.74, 6) is 1.79. The van der Waals surface area contributed by atoms with Crippen molar-refractivity contribution >= 4 is 68.4 Å². The van der Waals surface area contributed by atoms with Crippen LogP contribution in [0.5, 0.6) is 0 Å². The van der Waals surface area contributed by atoms with Crippen molar-refractivity contribution in [3.05, 3.63) is 126 Å². The number of benzene rings is 6. The van der Waals surface area contributed by atoms with E-state index < -0.39 is 0 Å². The van der Waals surface area contributed by atoms with Crippen LogP contribution in [0.1, 0.15) is 101 Å². The first-order valence-corrected chi connectivity index (χ1v) is 23.5. The molecule has 4 fully saturated rings. The van der Waals surface area contributed by atoms with Gasteiger partial charge in [0.25, 0.3) is 0 Å². The molecule has 0 saturated heterocycles. The van der Waals surface area contributed by atoms with Gasteiger partial charge in [0.05, 0.1) is 11.4 Å². The topological polar surface area (TPSA) is 8.17 Å². The van der Waals surface area contributed by atoms with Crippen LogP contribution in [0.2, 0.25) is 0 Å². The third-order valence-corrected chi connectivity index (χ3v) is 17.9. The van der Waals surface area contributed by atoms with Crippen molar-refractivity contribution in [3.8, 4) is 22.3 Å². The van der Waals surface area contributed by atoms with E-state index in [0.29, 0.717) is 5.41 Å². The SMILES string of the molecule is c1ccc(-c2cc3c4c(c2)N2c5ccccc5Sc5cccc(c52)B4n2c4ccc(C56CCCC(CCC5)C6)cc4c4cc(C56CCCC(CCC5)C6)cc-3c42)cc1. The van der Waals surface area contributed by atoms with Gasteiger partial charge in [-0.2, -0.15) is 0 Å². The molecular weight excluding hydrogens is 719 g/mol. The van der Waals surface area contributed by atoms with Crippen LogP contribution in [0.25, 0.3) is 44.1 Å². The zero-order chi connectivity index (χ0) is 37.7. The minimum Gasteiger partial charge on any atom is -0.375 e. The van der Waals surface area contributed by atoms with Crippen LogP contribution >= 0.6 is 11.8 Å². The maximum atomic E-state index is 2.84. The van der Waals surface area contributed by atoms with E-state index in [1.54, 1.807) is 11.1 Å². The van der Waals surface area contributed by atoms with Gasteiger partial charge in [-0.1, -0.05) is 124 Å². The molecule has 0 spiro atoms. The molecule has 0 unspecified atom stereocenters. The lowest BCUT2D eigenvalue weighted by molar-refractivity contribution is 0.149. The van der Waals surface area contributed by atoms with Crippen molar-refractivity contribution in [1.29, 1.82) is 0 Å². The Morgan fingerprint density at radius 2 is 1.24 bits per heavy atom. The lowest BCUT2D eigenvalue weighted by atomic mass is 9.45. The highest BCUT2D eigenvalue weighted by Crippen LogP contribution is 2.57. The molecule has 2 nitrogen and oxygen atoms in total. The highest BCUT2D eigenvalue weighted by Gasteiger charge is 2.48. The van der Waals surface area contributed by atoms with Crippen LogP contribution in [0.3, 0.4) is 0 Å². The normalized spacial score (nSPS) is 26.0. The predicted molar refractivity (Wildman–Crippen MR) is 245 cm³/mol. The van der Waals surface area contributed by atoms with Crippen molar-refractivity contribution in [2.75, 3.05) is 4.90 Å². The highest BCUT2D eigenvalue weighted by molar-refractivity contribution is 7.99. The Labute approximate surface area is 347 Å². The summed E-state index contributed by atoms with van der Waals surface area (Å²) in [6.07, 6.45) is 19.4. The number of para-hydroxylation sites is 2. The molecule has 7 aliphatic rings. The Kier molecular flexibility index (Phi) is 6.85. The van der Waals surface area contributed by atoms with E-state index in [0.717, 1.165) is 11.8 Å². The summed E-state index contributed by atoms with van der Waals surface area (Å²) in [6, 6.07) is 46.0. The molecule has 4 bridgehead atoms. The molecule has 3 aliphatic heterocycles. The molecule has 6 aromatic carbocycles. The van der Waals surface area contributed by atoms with Gasteiger partial charge in [-0.25, -0.2) is 0 Å². The van der Waals surface area contributed by atoms with Crippen molar-refractivity contribution in [2.45, 2.75) is 111 Å². The summed E-state index contributed by atoms with van der Waals surface area (Å²) in [4.78, 5) is 5.34. The molecule has 4 saturated carbocycles. The number of rotatable bonds is 3. The van der Waals surface area contributed by atoms with E-state index in [1.165, 1.54) is 172 Å². The van der Waals surface area contributed by atoms with Crippen molar-refractivity contribution in [3.63, 3.8) is 0 Å². The van der Waals surface area contributed by atoms with Crippen LogP contribution < -0.4 is 15.8 Å². The summed E-state index contributed by atoms with van der Waals surface area (Å²) < 4.78 is 2.84. The fourth-order valence-corrected chi connectivity index (χ4v) is 15.4. The van der Waals surface area contributed by atoms with Gasteiger partial charge >= 0.3 is 6.85 Å². The number of anilines is 3. The Morgan fingerprint density at radius 3 is 2.02 bits per heavy atom. The summed E-state index contributed by atoms with van der Waals surface area (Å²) in [7, 11) is 0. The molecule has 0 radical (unpaired) electrons. The van der Waals surface area contributed by atoms with Crippen molar-refractivity contribution in [1.82, 2.24) is 4.48 Å². The average molecular weight is 769 g/mol. The van der Waals surface area contributed by atoms with Gasteiger partial charge < -0.3 is 9.38 Å². The van der Waals surface area contributed by atoms with E-state index in [9.17, 15) is 0 Å². The van der Waals surface area contributed by atoms with Gasteiger partial charge in [-0.3, -0.25) is 0 Å². The second kappa shape index (κ2) is 12.0. The Bertz CT molecular complexity index is 2870. The first-order chi connectivity index (χ1) is 28.6. The third-order valence-electron chi connectivity index (χ3n) is 16.8. The van der Waals surface area contributed by atoms with Gasteiger partial charge in [-0.05, 0) is 155 Å². The van der Waals surface area contributed by atoms with Crippen LogP contribution in [0.15, 0.2) is 125 Å². The first-order valence-electron chi connectivity index (χ1n) is 22.7. The van der Waals surface area contributed by atoms with Crippen LogP contribution in [0, 0.1) is 11.8 Å². The zero-order valence-electron chi connectivity index (χ0n) is 33.4. The number of fused-ring (bicyclic) bond motifs is 13. The summed E-state index contributed by atoms with van der Waals surface area (Å²) >= 11 is 1.94. The molecule has 58 heavy (non-hydrogen) atoms. The van der Waals surface area contributed by atoms with Gasteiger partial charge in [0, 0.05) is 42.8 Å². The molecule has 4 heterocycles. The largest absolute Gasteiger partial charge is 0.375 e. The fourth-order valence-electron chi connectivity index (χ4n) is 14.3. The Hall–Kier alpha value is -4.67. The summed E-state index contributed by atoms with van der Waals surface area (Å²) in [5.41, 5.74) is 19.2. The number of aromatic nitrogens is 1. The minimum absolute atomic E-state index is 0.0925. The van der Waals surface area contributed by atoms with E-state index in [2.05, 4.69) is 125 Å². The molecule has 4 heteroatoms. The van der Waals surface area contributed by atoms with E-state index >= 15 is 0 Å². The van der Waals surface area contributed by atoms with Crippen LogP contribution in [-0.4, -0.2) is 11.3 Å². The monoisotopic (exact) mass is 768 g/mol. The van der Waals surface area contributed by atoms with Gasteiger partial charge in [0.2, 0.25) is 0 Å². The van der Waals surface area contributed by atoms with Crippen LogP contribution in [0.4, 0.5) is 17.1 Å². The quantitative estimate of drug-likeness (QED) is 0.165. The van der Waals surface area contributed by atoms with Crippen LogP contribution in [-0.2, 0) is 10.8 Å². The maximum absolute atomic E-state index is 2.84. The number of hydrogen-bond acceptors (Lipinski definition) is 2. The molecular formula is C54H49BN2S. The molecule has 0 amide bonds. The zero-order valence-corrected chi connectivity index (χ0v) is 34.2. The second-order valence-corrected chi connectivity index (χ2v) is 20.7. The van der Waals surface area contributed by atoms with Gasteiger partial charge in [0.15, 0.2) is 0 Å². The summed E-state index contributed by atoms with van der Waals surface area (Å²) in [5, 5.41) is 3.01. The van der Waals surface area contributed by atoms with E-state index in [4.69, 9.17) is 0 Å². The minimum atomic E-state index is 0.0925. The molecule has 4 aliphatic carbocycles. The van der Waals surface area contributed by atoms with Crippen molar-refractivity contribution in [2.24, 2.45) is 11.8 Å². The third kappa shape index (κ3) is 4.43. The van der Waals surface area contributed by atoms with Crippen molar-refractivity contribution < 1.29 is 0 Å². The first kappa shape index (κ1) is 33.2. The molecule has 284 valence electrons. The van der Waals surface area contributed by atoms with Gasteiger partial charge in [-0.15, -0.1) is 0 Å². The standard InChI is InChI=1S/C54H49BN2S/c1-2-15-36(16-3-1)37-27-41-43-31-39(54-25-9-13-35(33-54)14-10-26-54)30-42-40-29-38(53-23-7-11-34(32-53)12-8-24-53)21-22-45(40)57(51(42)43)55-44-17-6-20-49-52(44)56(47(28-37)50(41)55)46-18-4-5-19-48(46)58-49/h1-6,15-22,27-31,34-35H,7-14,23-26,32-33H2. The Morgan fingerprint density at radius 1 is 0.552 bits per heavy atom. The smallest absolute Gasteiger partial charge is 0.333 e. The second-order valence-electron chi connectivity index (χ2n) is 19.6. The van der Waals surface area contributed by atoms with E-state index in [1.807, 2.05) is 11.8 Å². The predicted octanol–water partition coefficient (Wildman–Crippen LogP) is 13.6. The van der Waals surface area contributed by atoms with E-state index in [-0.39, 0.29) is 12.3 Å². The molecule has 0 atom stereocenters. The van der Waals surface area contributed by atoms with Gasteiger partial charge in [0.1, 0.15) is 0 Å².